The zero-order chi connectivity index (χ0) is 9.42. The molecule has 13 heavy (non-hydrogen) atoms. The third-order valence-electron chi connectivity index (χ3n) is 1.55. The van der Waals surface area contributed by atoms with Crippen molar-refractivity contribution in [3.8, 4) is 0 Å². The van der Waals surface area contributed by atoms with Gasteiger partial charge in [0.15, 0.2) is 17.3 Å². The zero-order valence-corrected chi connectivity index (χ0v) is 7.82. The maximum absolute atomic E-state index is 12.9. The molecule has 66 valence electrons. The van der Waals surface area contributed by atoms with Crippen LogP contribution < -0.4 is 0 Å². The second kappa shape index (κ2) is 3.05. The predicted octanol–water partition coefficient (Wildman–Crippen LogP) is 2.90. The Morgan fingerprint density at radius 3 is 3.00 bits per heavy atom. The highest BCUT2D eigenvalue weighted by atomic mass is 35.5. The molecule has 0 spiro atoms. The number of nitrogens with zero attached hydrogens (tertiary/aromatic N) is 1. The van der Waals surface area contributed by atoms with Gasteiger partial charge in [0.05, 0.1) is 4.88 Å². The molecule has 0 atom stereocenters. The number of thiophene rings is 1. The summed E-state index contributed by atoms with van der Waals surface area (Å²) in [6, 6.07) is 2.85. The van der Waals surface area contributed by atoms with Gasteiger partial charge in [-0.05, 0) is 12.1 Å². The Morgan fingerprint density at radius 2 is 2.31 bits per heavy atom. The summed E-state index contributed by atoms with van der Waals surface area (Å²) in [5.41, 5.74) is 0. The van der Waals surface area contributed by atoms with E-state index in [-0.39, 0.29) is 5.15 Å². The molecule has 2 aromatic rings. The van der Waals surface area contributed by atoms with E-state index in [1.165, 1.54) is 17.4 Å². The number of fused-ring (bicyclic) bond motifs is 1. The summed E-state index contributed by atoms with van der Waals surface area (Å²) in [4.78, 5) is 15.3. The first-order valence-corrected chi connectivity index (χ1v) is 4.61. The fourth-order valence-electron chi connectivity index (χ4n) is 1.00. The Morgan fingerprint density at radius 1 is 1.54 bits per heavy atom. The van der Waals surface area contributed by atoms with Crippen LogP contribution in [0.1, 0.15) is 9.67 Å². The van der Waals surface area contributed by atoms with Crippen molar-refractivity contribution in [1.29, 1.82) is 0 Å². The first-order chi connectivity index (χ1) is 6.20. The van der Waals surface area contributed by atoms with Gasteiger partial charge in [-0.15, -0.1) is 11.3 Å². The second-order valence-electron chi connectivity index (χ2n) is 2.42. The lowest BCUT2D eigenvalue weighted by atomic mass is 10.3. The van der Waals surface area contributed by atoms with Crippen molar-refractivity contribution >= 4 is 39.4 Å². The van der Waals surface area contributed by atoms with Crippen molar-refractivity contribution in [2.75, 3.05) is 0 Å². The van der Waals surface area contributed by atoms with Crippen molar-refractivity contribution in [3.63, 3.8) is 0 Å². The summed E-state index contributed by atoms with van der Waals surface area (Å²) in [7, 11) is 0. The van der Waals surface area contributed by atoms with Crippen LogP contribution in [0.5, 0.6) is 0 Å². The average molecular weight is 216 g/mol. The molecule has 0 saturated carbocycles. The van der Waals surface area contributed by atoms with E-state index in [0.29, 0.717) is 21.4 Å². The molecule has 0 aromatic carbocycles. The number of hydrogen-bond acceptors (Lipinski definition) is 3. The molecule has 0 unspecified atom stereocenters. The van der Waals surface area contributed by atoms with Crippen LogP contribution >= 0.6 is 22.9 Å². The van der Waals surface area contributed by atoms with Gasteiger partial charge in [-0.3, -0.25) is 4.79 Å². The number of hydrogen-bond donors (Lipinski definition) is 0. The van der Waals surface area contributed by atoms with E-state index in [4.69, 9.17) is 11.6 Å². The third kappa shape index (κ3) is 1.43. The summed E-state index contributed by atoms with van der Waals surface area (Å²) >= 11 is 6.66. The lowest BCUT2D eigenvalue weighted by Crippen LogP contribution is -1.80. The van der Waals surface area contributed by atoms with Crippen molar-refractivity contribution < 1.29 is 9.18 Å². The Hall–Kier alpha value is -1.00. The Balaban J connectivity index is 2.77. The second-order valence-corrected chi connectivity index (χ2v) is 3.84. The molecule has 0 radical (unpaired) electrons. The molecule has 2 aromatic heterocycles. The number of carbonyl (C=O) groups excluding carboxylic acids is 1. The molecule has 0 bridgehead atoms. The minimum Gasteiger partial charge on any atom is -0.297 e. The molecule has 0 aliphatic rings. The van der Waals surface area contributed by atoms with Gasteiger partial charge in [0.1, 0.15) is 4.83 Å². The van der Waals surface area contributed by atoms with Gasteiger partial charge >= 0.3 is 0 Å². The molecular weight excluding hydrogens is 213 g/mol. The predicted molar refractivity (Wildman–Crippen MR) is 50.0 cm³/mol. The minimum absolute atomic E-state index is 0.160. The van der Waals surface area contributed by atoms with E-state index in [1.807, 2.05) is 0 Å². The normalized spacial score (nSPS) is 10.6. The summed E-state index contributed by atoms with van der Waals surface area (Å²) in [5, 5.41) is 0.445. The molecule has 0 N–H and O–H groups in total. The van der Waals surface area contributed by atoms with Crippen molar-refractivity contribution in [3.05, 3.63) is 28.0 Å². The van der Waals surface area contributed by atoms with Crippen LogP contribution in [0, 0.1) is 5.82 Å². The summed E-state index contributed by atoms with van der Waals surface area (Å²) in [6.45, 7) is 0. The highest BCUT2D eigenvalue weighted by molar-refractivity contribution is 7.20. The Labute approximate surface area is 82.0 Å². The van der Waals surface area contributed by atoms with Crippen LogP contribution in [-0.4, -0.2) is 11.3 Å². The van der Waals surface area contributed by atoms with E-state index in [2.05, 4.69) is 4.98 Å². The fraction of sp³-hybridized carbons (Fsp3) is 0. The highest BCUT2D eigenvalue weighted by Gasteiger charge is 2.07. The van der Waals surface area contributed by atoms with Gasteiger partial charge in [0.25, 0.3) is 0 Å². The SMILES string of the molecule is O=Cc1cc2cc(F)c(Cl)nc2s1. The van der Waals surface area contributed by atoms with Gasteiger partial charge in [-0.1, -0.05) is 11.6 Å². The smallest absolute Gasteiger partial charge is 0.166 e. The van der Waals surface area contributed by atoms with Gasteiger partial charge < -0.3 is 0 Å². The van der Waals surface area contributed by atoms with Crippen molar-refractivity contribution in [2.45, 2.75) is 0 Å². The fourth-order valence-corrected chi connectivity index (χ4v) is 2.02. The molecule has 2 rings (SSSR count). The van der Waals surface area contributed by atoms with Crippen molar-refractivity contribution in [2.24, 2.45) is 0 Å². The Bertz CT molecular complexity index is 443. The summed E-state index contributed by atoms with van der Waals surface area (Å²) in [5.74, 6) is -0.565. The van der Waals surface area contributed by atoms with Crippen molar-refractivity contribution in [1.82, 2.24) is 4.98 Å². The molecule has 0 amide bonds. The zero-order valence-electron chi connectivity index (χ0n) is 6.25. The Kier molecular flexibility index (Phi) is 2.01. The van der Waals surface area contributed by atoms with Crippen LogP contribution in [-0.2, 0) is 0 Å². The maximum atomic E-state index is 12.9. The summed E-state index contributed by atoms with van der Waals surface area (Å²) < 4.78 is 12.9. The van der Waals surface area contributed by atoms with Gasteiger partial charge in [-0.2, -0.15) is 0 Å². The average Bonchev–Trinajstić information content (AvgIpc) is 2.48. The largest absolute Gasteiger partial charge is 0.297 e. The van der Waals surface area contributed by atoms with Crippen LogP contribution in [0.2, 0.25) is 5.15 Å². The lowest BCUT2D eigenvalue weighted by molar-refractivity contribution is 0.112. The molecular formula is C8H3ClFNOS. The highest BCUT2D eigenvalue weighted by Crippen LogP contribution is 2.26. The quantitative estimate of drug-likeness (QED) is 0.541. The lowest BCUT2D eigenvalue weighted by Gasteiger charge is -1.91. The number of rotatable bonds is 1. The third-order valence-corrected chi connectivity index (χ3v) is 2.79. The van der Waals surface area contributed by atoms with Gasteiger partial charge in [-0.25, -0.2) is 9.37 Å². The molecule has 2 heterocycles. The van der Waals surface area contributed by atoms with Crippen LogP contribution in [0.4, 0.5) is 4.39 Å². The van der Waals surface area contributed by atoms with Crippen LogP contribution in [0.3, 0.4) is 0 Å². The first kappa shape index (κ1) is 8.59. The first-order valence-electron chi connectivity index (χ1n) is 3.41. The molecule has 2 nitrogen and oxygen atoms in total. The number of aromatic nitrogens is 1. The maximum Gasteiger partial charge on any atom is 0.166 e. The molecule has 0 fully saturated rings. The van der Waals surface area contributed by atoms with Gasteiger partial charge in [0.2, 0.25) is 0 Å². The van der Waals surface area contributed by atoms with E-state index in [9.17, 15) is 9.18 Å². The topological polar surface area (TPSA) is 30.0 Å². The standard InChI is InChI=1S/C8H3ClFNOS/c9-7-6(10)2-4-1-5(3-12)13-8(4)11-7/h1-3H. The van der Waals surface area contributed by atoms with Crippen LogP contribution in [0.15, 0.2) is 12.1 Å². The number of pyridine rings is 1. The number of carbonyl (C=O) groups is 1. The van der Waals surface area contributed by atoms with Crippen LogP contribution in [0.25, 0.3) is 10.2 Å². The van der Waals surface area contributed by atoms with Gasteiger partial charge in [0, 0.05) is 5.39 Å². The molecule has 0 aliphatic heterocycles. The van der Waals surface area contributed by atoms with E-state index in [0.717, 1.165) is 0 Å². The number of halogens is 2. The molecule has 5 heteroatoms. The number of aldehydes is 1. The molecule has 0 saturated heterocycles. The molecule has 0 aliphatic carbocycles. The summed E-state index contributed by atoms with van der Waals surface area (Å²) in [6.07, 6.45) is 0.707. The van der Waals surface area contributed by atoms with E-state index in [1.54, 1.807) is 6.07 Å². The van der Waals surface area contributed by atoms with E-state index < -0.39 is 5.82 Å². The minimum atomic E-state index is -0.565. The van der Waals surface area contributed by atoms with E-state index >= 15 is 0 Å². The monoisotopic (exact) mass is 215 g/mol.